The summed E-state index contributed by atoms with van der Waals surface area (Å²) < 4.78 is 41.6. The number of aromatic amines is 1. The van der Waals surface area contributed by atoms with Gasteiger partial charge in [-0.2, -0.15) is 0 Å². The van der Waals surface area contributed by atoms with E-state index in [1.165, 1.54) is 37.8 Å². The maximum absolute atomic E-state index is 15.1. The number of nitrogens with one attached hydrogen (secondary N) is 1. The fourth-order valence-electron chi connectivity index (χ4n) is 5.32. The first kappa shape index (κ1) is 28.7. The van der Waals surface area contributed by atoms with E-state index in [0.29, 0.717) is 35.8 Å². The molecule has 0 atom stereocenters. The van der Waals surface area contributed by atoms with Crippen molar-refractivity contribution in [2.75, 3.05) is 13.2 Å². The molecule has 0 spiro atoms. The molecule has 0 bridgehead atoms. The number of H-pyrrole nitrogens is 1. The molecule has 0 amide bonds. The maximum Gasteiger partial charge on any atom is 0.134 e. The maximum atomic E-state index is 15.1. The number of hydrogen-bond donors (Lipinski definition) is 1. The van der Waals surface area contributed by atoms with Gasteiger partial charge in [0.1, 0.15) is 23.1 Å². The molecule has 0 aliphatic rings. The van der Waals surface area contributed by atoms with Crippen LogP contribution in [0.4, 0.5) is 8.78 Å². The lowest BCUT2D eigenvalue weighted by Crippen LogP contribution is -1.98. The van der Waals surface area contributed by atoms with Gasteiger partial charge in [-0.3, -0.25) is 0 Å². The normalized spacial score (nSPS) is 11.4. The van der Waals surface area contributed by atoms with Gasteiger partial charge in [-0.15, -0.1) is 0 Å². The van der Waals surface area contributed by atoms with Gasteiger partial charge in [0.15, 0.2) is 0 Å². The van der Waals surface area contributed by atoms with E-state index in [9.17, 15) is 0 Å². The zero-order chi connectivity index (χ0) is 28.6. The Labute approximate surface area is 241 Å². The minimum absolute atomic E-state index is 0.308. The summed E-state index contributed by atoms with van der Waals surface area (Å²) >= 11 is 0. The molecule has 0 aliphatic carbocycles. The van der Waals surface area contributed by atoms with Crippen LogP contribution < -0.4 is 9.47 Å². The van der Waals surface area contributed by atoms with Crippen molar-refractivity contribution in [1.29, 1.82) is 0 Å². The molecule has 0 radical (unpaired) electrons. The van der Waals surface area contributed by atoms with Crippen LogP contribution in [0.2, 0.25) is 0 Å². The van der Waals surface area contributed by atoms with Crippen molar-refractivity contribution in [3.05, 3.63) is 84.4 Å². The van der Waals surface area contributed by atoms with Gasteiger partial charge in [-0.05, 0) is 60.4 Å². The van der Waals surface area contributed by atoms with E-state index >= 15 is 8.78 Å². The van der Waals surface area contributed by atoms with Gasteiger partial charge in [0, 0.05) is 45.1 Å². The zero-order valence-electron chi connectivity index (χ0n) is 24.1. The van der Waals surface area contributed by atoms with E-state index < -0.39 is 0 Å². The van der Waals surface area contributed by atoms with Crippen molar-refractivity contribution in [1.82, 2.24) is 4.98 Å². The molecule has 4 aromatic carbocycles. The largest absolute Gasteiger partial charge is 0.493 e. The second-order valence-corrected chi connectivity index (χ2v) is 10.7. The lowest BCUT2D eigenvalue weighted by atomic mass is 10.0. The minimum Gasteiger partial charge on any atom is -0.493 e. The van der Waals surface area contributed by atoms with Crippen LogP contribution in [0.3, 0.4) is 0 Å². The smallest absolute Gasteiger partial charge is 0.134 e. The third-order valence-corrected chi connectivity index (χ3v) is 7.63. The molecule has 5 rings (SSSR count). The van der Waals surface area contributed by atoms with Crippen LogP contribution in [-0.4, -0.2) is 18.2 Å². The van der Waals surface area contributed by atoms with Crippen LogP contribution >= 0.6 is 0 Å². The Morgan fingerprint density at radius 3 is 1.41 bits per heavy atom. The van der Waals surface area contributed by atoms with E-state index in [4.69, 9.17) is 9.47 Å². The van der Waals surface area contributed by atoms with Gasteiger partial charge in [0.2, 0.25) is 0 Å². The van der Waals surface area contributed by atoms with Crippen LogP contribution in [0.5, 0.6) is 11.5 Å². The van der Waals surface area contributed by atoms with Gasteiger partial charge < -0.3 is 14.5 Å². The Balaban J connectivity index is 1.32. The molecule has 0 unspecified atom stereocenters. The Bertz CT molecular complexity index is 1490. The quantitative estimate of drug-likeness (QED) is 0.138. The number of unbranched alkanes of at least 4 members (excludes halogenated alkanes) is 6. The number of benzene rings is 4. The summed E-state index contributed by atoms with van der Waals surface area (Å²) in [5.74, 6) is 0.497. The molecule has 0 aliphatic heterocycles. The highest BCUT2D eigenvalue weighted by atomic mass is 19.1. The molecule has 0 fully saturated rings. The number of halogens is 2. The second-order valence-electron chi connectivity index (χ2n) is 10.7. The predicted octanol–water partition coefficient (Wildman–Crippen LogP) is 10.9. The molecule has 3 nitrogen and oxygen atoms in total. The summed E-state index contributed by atoms with van der Waals surface area (Å²) in [5, 5.41) is 2.07. The number of hydrogen-bond acceptors (Lipinski definition) is 2. The third-order valence-electron chi connectivity index (χ3n) is 7.63. The first-order chi connectivity index (χ1) is 20.1. The summed E-state index contributed by atoms with van der Waals surface area (Å²) in [6.45, 7) is 5.55. The molecule has 41 heavy (non-hydrogen) atoms. The van der Waals surface area contributed by atoms with Crippen molar-refractivity contribution in [2.45, 2.75) is 65.2 Å². The molecular formula is C36H39F2NO2. The lowest BCUT2D eigenvalue weighted by molar-refractivity contribution is 0.303. The Morgan fingerprint density at radius 1 is 0.537 bits per heavy atom. The Morgan fingerprint density at radius 2 is 1.00 bits per heavy atom. The van der Waals surface area contributed by atoms with E-state index in [-0.39, 0.29) is 11.6 Å². The van der Waals surface area contributed by atoms with Gasteiger partial charge in [-0.25, -0.2) is 8.78 Å². The lowest BCUT2D eigenvalue weighted by Gasteiger charge is -2.09. The first-order valence-electron chi connectivity index (χ1n) is 15.0. The molecule has 1 heterocycles. The fraction of sp³-hybridized carbons (Fsp3) is 0.333. The van der Waals surface area contributed by atoms with Gasteiger partial charge in [0.05, 0.1) is 13.2 Å². The number of ether oxygens (including phenoxy) is 2. The van der Waals surface area contributed by atoms with Crippen LogP contribution in [0.1, 0.15) is 65.2 Å². The second kappa shape index (κ2) is 13.7. The topological polar surface area (TPSA) is 34.2 Å². The Hall–Kier alpha value is -3.86. The summed E-state index contributed by atoms with van der Waals surface area (Å²) in [6.07, 6.45) is 8.92. The average Bonchev–Trinajstić information content (AvgIpc) is 3.34. The first-order valence-corrected chi connectivity index (χ1v) is 15.0. The molecule has 1 N–H and O–H groups in total. The van der Waals surface area contributed by atoms with Crippen molar-refractivity contribution in [3.63, 3.8) is 0 Å². The van der Waals surface area contributed by atoms with Crippen molar-refractivity contribution in [3.8, 4) is 33.8 Å². The SMILES string of the molecule is CCCCCCOc1ccc(-c2ccc3c(c2)[nH]c2cc(-c4ccc(OCCCCCC)cc4F)ccc23)c(F)c1. The average molecular weight is 556 g/mol. The van der Waals surface area contributed by atoms with Crippen LogP contribution in [0, 0.1) is 11.6 Å². The zero-order valence-corrected chi connectivity index (χ0v) is 24.1. The number of rotatable bonds is 14. The molecule has 0 saturated heterocycles. The minimum atomic E-state index is -0.308. The summed E-state index contributed by atoms with van der Waals surface area (Å²) in [6, 6.07) is 22.0. The summed E-state index contributed by atoms with van der Waals surface area (Å²) in [5.41, 5.74) is 4.43. The number of aromatic nitrogens is 1. The summed E-state index contributed by atoms with van der Waals surface area (Å²) in [4.78, 5) is 3.45. The van der Waals surface area contributed by atoms with E-state index in [2.05, 4.69) is 18.8 Å². The van der Waals surface area contributed by atoms with E-state index in [1.807, 2.05) is 48.5 Å². The molecule has 5 heteroatoms. The molecular weight excluding hydrogens is 516 g/mol. The Kier molecular flexibility index (Phi) is 9.55. The standard InChI is InChI=1S/C36H39F2NO2/c1-3-5-7-9-19-40-27-13-17-29(33(37)23-27)25-11-15-31-32-16-12-26(22-36(32)39-35(31)21-25)30-18-14-28(24-34(30)38)41-20-10-8-6-4-2/h11-18,21-24,39H,3-10,19-20H2,1-2H3. The highest BCUT2D eigenvalue weighted by Gasteiger charge is 2.13. The molecule has 0 saturated carbocycles. The van der Waals surface area contributed by atoms with Crippen LogP contribution in [0.15, 0.2) is 72.8 Å². The monoisotopic (exact) mass is 555 g/mol. The third kappa shape index (κ3) is 6.90. The molecule has 1 aromatic heterocycles. The fourth-order valence-corrected chi connectivity index (χ4v) is 5.32. The predicted molar refractivity (Wildman–Crippen MR) is 166 cm³/mol. The van der Waals surface area contributed by atoms with Crippen molar-refractivity contribution < 1.29 is 18.3 Å². The van der Waals surface area contributed by atoms with Gasteiger partial charge >= 0.3 is 0 Å². The van der Waals surface area contributed by atoms with Crippen LogP contribution in [-0.2, 0) is 0 Å². The molecule has 214 valence electrons. The van der Waals surface area contributed by atoms with Crippen LogP contribution in [0.25, 0.3) is 44.1 Å². The van der Waals surface area contributed by atoms with Crippen molar-refractivity contribution >= 4 is 21.8 Å². The van der Waals surface area contributed by atoms with E-state index in [0.717, 1.165) is 58.6 Å². The molecule has 5 aromatic rings. The highest BCUT2D eigenvalue weighted by molar-refractivity contribution is 6.09. The summed E-state index contributed by atoms with van der Waals surface area (Å²) in [7, 11) is 0. The van der Waals surface area contributed by atoms with Gasteiger partial charge in [-0.1, -0.05) is 76.6 Å². The van der Waals surface area contributed by atoms with Gasteiger partial charge in [0.25, 0.3) is 0 Å². The van der Waals surface area contributed by atoms with E-state index in [1.54, 1.807) is 12.1 Å². The van der Waals surface area contributed by atoms with Crippen molar-refractivity contribution in [2.24, 2.45) is 0 Å². The number of fused-ring (bicyclic) bond motifs is 3. The highest BCUT2D eigenvalue weighted by Crippen LogP contribution is 2.35.